The summed E-state index contributed by atoms with van der Waals surface area (Å²) in [6.07, 6.45) is 3.54. The molecule has 0 saturated heterocycles. The van der Waals surface area contributed by atoms with E-state index in [2.05, 4.69) is 85.3 Å². The van der Waals surface area contributed by atoms with Crippen molar-refractivity contribution in [1.82, 2.24) is 9.97 Å². The highest BCUT2D eigenvalue weighted by Crippen LogP contribution is 2.32. The average molecular weight is 324 g/mol. The minimum atomic E-state index is 0.962. The van der Waals surface area contributed by atoms with E-state index in [1.54, 1.807) is 12.4 Å². The Labute approximate surface area is 147 Å². The lowest BCUT2D eigenvalue weighted by atomic mass is 9.92. The minimum absolute atomic E-state index is 0.962. The van der Waals surface area contributed by atoms with Crippen LogP contribution < -0.4 is 10.7 Å². The Hall–Kier alpha value is -3.00. The van der Waals surface area contributed by atoms with Crippen molar-refractivity contribution in [2.24, 2.45) is 0 Å². The van der Waals surface area contributed by atoms with Gasteiger partial charge in [0.1, 0.15) is 0 Å². The molecule has 0 radical (unpaired) electrons. The van der Waals surface area contributed by atoms with Crippen LogP contribution >= 0.6 is 0 Å². The van der Waals surface area contributed by atoms with E-state index >= 15 is 0 Å². The van der Waals surface area contributed by atoms with E-state index in [0.717, 1.165) is 16.3 Å². The van der Waals surface area contributed by atoms with Crippen molar-refractivity contribution in [2.45, 2.75) is 20.8 Å². The van der Waals surface area contributed by atoms with Gasteiger partial charge in [-0.25, -0.2) is 0 Å². The summed E-state index contributed by atoms with van der Waals surface area (Å²) in [6, 6.07) is 19.4. The van der Waals surface area contributed by atoms with Crippen LogP contribution in [0.5, 0.6) is 0 Å². The molecule has 4 rings (SSSR count). The molecule has 0 fully saturated rings. The van der Waals surface area contributed by atoms with E-state index in [-0.39, 0.29) is 0 Å². The minimum Gasteiger partial charge on any atom is -0.253 e. The van der Waals surface area contributed by atoms with E-state index < -0.39 is 0 Å². The maximum absolute atomic E-state index is 4.67. The fourth-order valence-corrected chi connectivity index (χ4v) is 3.51. The molecule has 0 aliphatic heterocycles. The summed E-state index contributed by atoms with van der Waals surface area (Å²) >= 11 is 0. The van der Waals surface area contributed by atoms with Gasteiger partial charge < -0.3 is 0 Å². The summed E-state index contributed by atoms with van der Waals surface area (Å²) in [4.78, 5) is 9.23. The van der Waals surface area contributed by atoms with Crippen molar-refractivity contribution in [3.63, 3.8) is 0 Å². The maximum Gasteiger partial charge on any atom is 0.0921 e. The fraction of sp³-hybridized carbons (Fsp3) is 0.130. The molecular weight excluding hydrogens is 304 g/mol. The van der Waals surface area contributed by atoms with Crippen LogP contribution in [0.15, 0.2) is 67.0 Å². The highest BCUT2D eigenvalue weighted by molar-refractivity contribution is 6.08. The molecule has 0 spiro atoms. The van der Waals surface area contributed by atoms with E-state index in [1.165, 1.54) is 32.7 Å². The molecular formula is C23H20N2. The molecule has 0 atom stereocenters. The van der Waals surface area contributed by atoms with Crippen molar-refractivity contribution in [1.29, 1.82) is 0 Å². The Kier molecular flexibility index (Phi) is 3.81. The van der Waals surface area contributed by atoms with Crippen LogP contribution in [0.1, 0.15) is 26.3 Å². The quantitative estimate of drug-likeness (QED) is 0.491. The monoisotopic (exact) mass is 324 g/mol. The molecule has 0 saturated carbocycles. The zero-order valence-corrected chi connectivity index (χ0v) is 14.7. The van der Waals surface area contributed by atoms with Crippen LogP contribution in [0.3, 0.4) is 0 Å². The van der Waals surface area contributed by atoms with E-state index in [1.807, 2.05) is 0 Å². The highest BCUT2D eigenvalue weighted by atomic mass is 14.8. The molecule has 2 nitrogen and oxygen atoms in total. The van der Waals surface area contributed by atoms with Gasteiger partial charge in [-0.15, -0.1) is 0 Å². The first kappa shape index (κ1) is 15.5. The Morgan fingerprint density at radius 1 is 0.680 bits per heavy atom. The second-order valence-corrected chi connectivity index (χ2v) is 6.57. The van der Waals surface area contributed by atoms with Crippen molar-refractivity contribution in [3.05, 3.63) is 83.3 Å². The Bertz CT molecular complexity index is 1160. The van der Waals surface area contributed by atoms with Gasteiger partial charge in [0, 0.05) is 12.4 Å². The predicted octanol–water partition coefficient (Wildman–Crippen LogP) is 4.19. The number of nitrogens with zero attached hydrogens (tertiary/aromatic N) is 2. The first-order valence-corrected chi connectivity index (χ1v) is 8.53. The van der Waals surface area contributed by atoms with Gasteiger partial charge in [0.05, 0.1) is 10.7 Å². The molecule has 2 heteroatoms. The first-order chi connectivity index (χ1) is 12.2. The van der Waals surface area contributed by atoms with Crippen molar-refractivity contribution >= 4 is 32.7 Å². The fourth-order valence-electron chi connectivity index (χ4n) is 3.51. The first-order valence-electron chi connectivity index (χ1n) is 8.53. The molecule has 0 N–H and O–H groups in total. The number of fused-ring (bicyclic) bond motifs is 2. The molecule has 0 unspecified atom stereocenters. The van der Waals surface area contributed by atoms with Gasteiger partial charge in [0.25, 0.3) is 0 Å². The molecule has 0 bridgehead atoms. The third-order valence-electron chi connectivity index (χ3n) is 4.67. The number of rotatable bonds is 1. The zero-order valence-electron chi connectivity index (χ0n) is 14.7. The predicted molar refractivity (Wildman–Crippen MR) is 106 cm³/mol. The van der Waals surface area contributed by atoms with E-state index in [4.69, 9.17) is 0 Å². The van der Waals surface area contributed by atoms with Crippen LogP contribution in [0.25, 0.3) is 32.7 Å². The Balaban J connectivity index is 2.28. The molecule has 3 aromatic carbocycles. The van der Waals surface area contributed by atoms with Gasteiger partial charge in [0.15, 0.2) is 0 Å². The molecule has 0 aliphatic rings. The normalized spacial score (nSPS) is 12.4. The number of hydrogen-bond donors (Lipinski definition) is 0. The summed E-state index contributed by atoms with van der Waals surface area (Å²) in [5, 5.41) is 6.94. The second kappa shape index (κ2) is 6.14. The lowest BCUT2D eigenvalue weighted by Crippen LogP contribution is -2.34. The average Bonchev–Trinajstić information content (AvgIpc) is 2.65. The topological polar surface area (TPSA) is 25.8 Å². The zero-order chi connectivity index (χ0) is 17.4. The molecule has 4 aromatic rings. The summed E-state index contributed by atoms with van der Waals surface area (Å²) < 4.78 is 0. The molecule has 0 amide bonds. The van der Waals surface area contributed by atoms with Crippen LogP contribution in [0.4, 0.5) is 0 Å². The largest absolute Gasteiger partial charge is 0.253 e. The summed E-state index contributed by atoms with van der Waals surface area (Å²) in [5.74, 6) is 0. The van der Waals surface area contributed by atoms with Crippen LogP contribution in [0, 0.1) is 0 Å². The van der Waals surface area contributed by atoms with Crippen LogP contribution in [0.2, 0.25) is 0 Å². The SMILES string of the molecule is CC(C)=c1nccn/c1=C(/C)c1c2ccccc2cc2ccccc12. The third kappa shape index (κ3) is 2.60. The van der Waals surface area contributed by atoms with Crippen LogP contribution in [-0.4, -0.2) is 9.97 Å². The van der Waals surface area contributed by atoms with Gasteiger partial charge in [-0.3, -0.25) is 9.97 Å². The molecule has 25 heavy (non-hydrogen) atoms. The number of aromatic nitrogens is 2. The Morgan fingerprint density at radius 2 is 1.20 bits per heavy atom. The summed E-state index contributed by atoms with van der Waals surface area (Å²) in [7, 11) is 0. The van der Waals surface area contributed by atoms with Gasteiger partial charge in [-0.1, -0.05) is 48.5 Å². The summed E-state index contributed by atoms with van der Waals surface area (Å²) in [6.45, 7) is 6.33. The third-order valence-corrected chi connectivity index (χ3v) is 4.67. The standard InChI is InChI=1S/C23H20N2/c1-15(2)22-23(25-13-12-24-22)16(3)21-19-10-6-4-8-17(19)14-18-9-5-7-11-20(18)21/h4-14H,1-3H3/b23-16-. The highest BCUT2D eigenvalue weighted by Gasteiger charge is 2.10. The lowest BCUT2D eigenvalue weighted by Gasteiger charge is -2.12. The van der Waals surface area contributed by atoms with Crippen molar-refractivity contribution < 1.29 is 0 Å². The lowest BCUT2D eigenvalue weighted by molar-refractivity contribution is 1.07. The number of benzene rings is 3. The number of hydrogen-bond acceptors (Lipinski definition) is 2. The smallest absolute Gasteiger partial charge is 0.0921 e. The Morgan fingerprint density at radius 3 is 1.76 bits per heavy atom. The molecule has 122 valence electrons. The van der Waals surface area contributed by atoms with Gasteiger partial charge in [-0.2, -0.15) is 0 Å². The van der Waals surface area contributed by atoms with Crippen molar-refractivity contribution in [3.8, 4) is 0 Å². The molecule has 1 aromatic heterocycles. The van der Waals surface area contributed by atoms with Crippen LogP contribution in [-0.2, 0) is 0 Å². The second-order valence-electron chi connectivity index (χ2n) is 6.57. The van der Waals surface area contributed by atoms with E-state index in [0.29, 0.717) is 0 Å². The van der Waals surface area contributed by atoms with Gasteiger partial charge >= 0.3 is 0 Å². The molecule has 0 aliphatic carbocycles. The summed E-state index contributed by atoms with van der Waals surface area (Å²) in [5.41, 5.74) is 3.58. The van der Waals surface area contributed by atoms with E-state index in [9.17, 15) is 0 Å². The molecule has 1 heterocycles. The maximum atomic E-state index is 4.67. The van der Waals surface area contributed by atoms with Gasteiger partial charge in [0.2, 0.25) is 0 Å². The van der Waals surface area contributed by atoms with Gasteiger partial charge in [-0.05, 0) is 65.1 Å². The van der Waals surface area contributed by atoms with Crippen molar-refractivity contribution in [2.75, 3.05) is 0 Å².